The quantitative estimate of drug-likeness (QED) is 0.494. The lowest BCUT2D eigenvalue weighted by molar-refractivity contribution is 0.513. The van der Waals surface area contributed by atoms with Crippen molar-refractivity contribution in [3.05, 3.63) is 36.0 Å². The van der Waals surface area contributed by atoms with Crippen molar-refractivity contribution >= 4 is 10.9 Å². The zero-order valence-corrected chi connectivity index (χ0v) is 17.2. The molecule has 134 valence electrons. The van der Waals surface area contributed by atoms with Crippen molar-refractivity contribution in [3.8, 4) is 0 Å². The van der Waals surface area contributed by atoms with Crippen LogP contribution in [-0.4, -0.2) is 4.57 Å². The number of fused-ring (bicyclic) bond motifs is 1. The summed E-state index contributed by atoms with van der Waals surface area (Å²) in [5, 5.41) is 1.37. The molecule has 0 atom stereocenters. The van der Waals surface area contributed by atoms with Gasteiger partial charge in [-0.3, -0.25) is 0 Å². The van der Waals surface area contributed by atoms with Crippen molar-refractivity contribution in [1.82, 2.24) is 4.57 Å². The standard InChI is InChI=1S/C16H23N.3C2H6/c1-13(2)6-4-5-10-17-11-9-15-12-14(3)7-8-16(15)17;3*1-2/h7-9,11-13H,4-6,10H2,1-3H3;3*1-2H3. The van der Waals surface area contributed by atoms with Crippen LogP contribution in [0.5, 0.6) is 0 Å². The molecular weight excluding hydrogens is 278 g/mol. The van der Waals surface area contributed by atoms with E-state index in [0.29, 0.717) is 0 Å². The van der Waals surface area contributed by atoms with Gasteiger partial charge in [-0.05, 0) is 42.8 Å². The number of benzene rings is 1. The minimum Gasteiger partial charge on any atom is -0.347 e. The molecule has 0 aliphatic rings. The molecule has 1 nitrogen and oxygen atoms in total. The molecule has 0 aliphatic heterocycles. The van der Waals surface area contributed by atoms with E-state index in [1.54, 1.807) is 0 Å². The topological polar surface area (TPSA) is 4.93 Å². The van der Waals surface area contributed by atoms with Crippen molar-refractivity contribution < 1.29 is 0 Å². The van der Waals surface area contributed by atoms with E-state index in [2.05, 4.69) is 55.8 Å². The van der Waals surface area contributed by atoms with E-state index >= 15 is 0 Å². The number of aryl methyl sites for hydroxylation is 2. The lowest BCUT2D eigenvalue weighted by atomic mass is 10.1. The zero-order chi connectivity index (χ0) is 18.3. The van der Waals surface area contributed by atoms with Gasteiger partial charge in [-0.2, -0.15) is 0 Å². The van der Waals surface area contributed by atoms with Gasteiger partial charge < -0.3 is 4.57 Å². The fraction of sp³-hybridized carbons (Fsp3) is 0.636. The van der Waals surface area contributed by atoms with Gasteiger partial charge in [0.25, 0.3) is 0 Å². The van der Waals surface area contributed by atoms with Crippen LogP contribution >= 0.6 is 0 Å². The first-order valence-corrected chi connectivity index (χ1v) is 9.72. The largest absolute Gasteiger partial charge is 0.347 e. The van der Waals surface area contributed by atoms with Gasteiger partial charge in [-0.1, -0.05) is 79.9 Å². The predicted molar refractivity (Wildman–Crippen MR) is 109 cm³/mol. The first-order valence-electron chi connectivity index (χ1n) is 9.72. The molecule has 1 heterocycles. The summed E-state index contributed by atoms with van der Waals surface area (Å²) >= 11 is 0. The highest BCUT2D eigenvalue weighted by atomic mass is 14.9. The Hall–Kier alpha value is -1.24. The Balaban J connectivity index is 0. The molecule has 0 radical (unpaired) electrons. The van der Waals surface area contributed by atoms with Crippen LogP contribution in [0.4, 0.5) is 0 Å². The highest BCUT2D eigenvalue weighted by Gasteiger charge is 2.01. The average molecular weight is 320 g/mol. The molecule has 0 amide bonds. The van der Waals surface area contributed by atoms with E-state index in [0.717, 1.165) is 12.5 Å². The van der Waals surface area contributed by atoms with Crippen molar-refractivity contribution in [2.24, 2.45) is 5.92 Å². The Kier molecular flexibility index (Phi) is 16.3. The smallest absolute Gasteiger partial charge is 0.0480 e. The Bertz CT molecular complexity index is 480. The first kappa shape index (κ1) is 24.0. The van der Waals surface area contributed by atoms with Gasteiger partial charge in [0.2, 0.25) is 0 Å². The maximum atomic E-state index is 2.38. The molecule has 2 rings (SSSR count). The summed E-state index contributed by atoms with van der Waals surface area (Å²) in [5.74, 6) is 0.832. The Morgan fingerprint density at radius 1 is 0.870 bits per heavy atom. The summed E-state index contributed by atoms with van der Waals surface area (Å²) < 4.78 is 2.38. The molecule has 23 heavy (non-hydrogen) atoms. The van der Waals surface area contributed by atoms with Crippen LogP contribution in [0.15, 0.2) is 30.5 Å². The van der Waals surface area contributed by atoms with Gasteiger partial charge in [-0.25, -0.2) is 0 Å². The summed E-state index contributed by atoms with van der Waals surface area (Å²) in [6, 6.07) is 8.94. The number of nitrogens with zero attached hydrogens (tertiary/aromatic N) is 1. The van der Waals surface area contributed by atoms with Crippen LogP contribution < -0.4 is 0 Å². The molecule has 1 aromatic heterocycles. The molecule has 0 aliphatic carbocycles. The summed E-state index contributed by atoms with van der Waals surface area (Å²) in [4.78, 5) is 0. The molecule has 1 aromatic carbocycles. The molecule has 0 N–H and O–H groups in total. The highest BCUT2D eigenvalue weighted by Crippen LogP contribution is 2.18. The third kappa shape index (κ3) is 9.48. The maximum absolute atomic E-state index is 2.38. The molecular formula is C22H41N. The van der Waals surface area contributed by atoms with Crippen molar-refractivity contribution in [2.45, 2.75) is 88.1 Å². The zero-order valence-electron chi connectivity index (χ0n) is 17.2. The lowest BCUT2D eigenvalue weighted by Crippen LogP contribution is -1.97. The van der Waals surface area contributed by atoms with Gasteiger partial charge in [0.05, 0.1) is 0 Å². The maximum Gasteiger partial charge on any atom is 0.0480 e. The van der Waals surface area contributed by atoms with Gasteiger partial charge in [-0.15, -0.1) is 0 Å². The van der Waals surface area contributed by atoms with Crippen molar-refractivity contribution in [1.29, 1.82) is 0 Å². The van der Waals surface area contributed by atoms with Crippen LogP contribution in [0, 0.1) is 12.8 Å². The molecule has 0 bridgehead atoms. The van der Waals surface area contributed by atoms with E-state index in [1.165, 1.54) is 35.7 Å². The van der Waals surface area contributed by atoms with E-state index in [9.17, 15) is 0 Å². The number of hydrogen-bond donors (Lipinski definition) is 0. The predicted octanol–water partition coefficient (Wildman–Crippen LogP) is 7.85. The summed E-state index contributed by atoms with van der Waals surface area (Å²) in [6.07, 6.45) is 6.19. The van der Waals surface area contributed by atoms with Crippen LogP contribution in [-0.2, 0) is 6.54 Å². The monoisotopic (exact) mass is 319 g/mol. The van der Waals surface area contributed by atoms with E-state index < -0.39 is 0 Å². The van der Waals surface area contributed by atoms with Crippen molar-refractivity contribution in [3.63, 3.8) is 0 Å². The Morgan fingerprint density at radius 3 is 2.04 bits per heavy atom. The number of rotatable bonds is 5. The SMILES string of the molecule is CC.CC.CC.Cc1ccc2c(ccn2CCCCC(C)C)c1. The molecule has 2 aromatic rings. The van der Waals surface area contributed by atoms with E-state index in [4.69, 9.17) is 0 Å². The lowest BCUT2D eigenvalue weighted by Gasteiger charge is -2.07. The molecule has 0 spiro atoms. The molecule has 0 fully saturated rings. The Labute approximate surface area is 146 Å². The molecule has 0 saturated heterocycles. The third-order valence-corrected chi connectivity index (χ3v) is 3.36. The van der Waals surface area contributed by atoms with Gasteiger partial charge >= 0.3 is 0 Å². The number of unbranched alkanes of at least 4 members (excludes halogenated alkanes) is 1. The van der Waals surface area contributed by atoms with E-state index in [1.807, 2.05) is 41.5 Å². The van der Waals surface area contributed by atoms with Crippen LogP contribution in [0.2, 0.25) is 0 Å². The first-order chi connectivity index (χ1) is 11.2. The van der Waals surface area contributed by atoms with Gasteiger partial charge in [0, 0.05) is 18.3 Å². The van der Waals surface area contributed by atoms with Crippen LogP contribution in [0.3, 0.4) is 0 Å². The minimum atomic E-state index is 0.832. The van der Waals surface area contributed by atoms with Crippen molar-refractivity contribution in [2.75, 3.05) is 0 Å². The van der Waals surface area contributed by atoms with Crippen LogP contribution in [0.1, 0.15) is 80.2 Å². The average Bonchev–Trinajstić information content (AvgIpc) is 2.99. The summed E-state index contributed by atoms with van der Waals surface area (Å²) in [5.41, 5.74) is 2.72. The molecule has 1 heteroatoms. The number of hydrogen-bond acceptors (Lipinski definition) is 0. The second-order valence-electron chi connectivity index (χ2n) is 5.46. The third-order valence-electron chi connectivity index (χ3n) is 3.36. The summed E-state index contributed by atoms with van der Waals surface area (Å²) in [6.45, 7) is 19.9. The second kappa shape index (κ2) is 15.6. The molecule has 0 saturated carbocycles. The van der Waals surface area contributed by atoms with E-state index in [-0.39, 0.29) is 0 Å². The van der Waals surface area contributed by atoms with Gasteiger partial charge in [0.15, 0.2) is 0 Å². The van der Waals surface area contributed by atoms with Crippen LogP contribution in [0.25, 0.3) is 10.9 Å². The minimum absolute atomic E-state index is 0.832. The molecule has 0 unspecified atom stereocenters. The fourth-order valence-electron chi connectivity index (χ4n) is 2.35. The highest BCUT2D eigenvalue weighted by molar-refractivity contribution is 5.80. The Morgan fingerprint density at radius 2 is 1.48 bits per heavy atom. The summed E-state index contributed by atoms with van der Waals surface area (Å²) in [7, 11) is 0. The fourth-order valence-corrected chi connectivity index (χ4v) is 2.35. The normalized spacial score (nSPS) is 9.30. The number of aromatic nitrogens is 1. The van der Waals surface area contributed by atoms with Gasteiger partial charge in [0.1, 0.15) is 0 Å². The second-order valence-corrected chi connectivity index (χ2v) is 5.46.